The summed E-state index contributed by atoms with van der Waals surface area (Å²) >= 11 is 1.64. The molecule has 2 N–H and O–H groups in total. The van der Waals surface area contributed by atoms with Crippen LogP contribution in [-0.2, 0) is 10.5 Å². The number of aliphatic hydroxyl groups excluding tert-OH is 1. The third kappa shape index (κ3) is 4.60. The Morgan fingerprint density at radius 1 is 1.29 bits per heavy atom. The van der Waals surface area contributed by atoms with E-state index in [1.54, 1.807) is 16.2 Å². The number of benzene rings is 1. The van der Waals surface area contributed by atoms with Crippen LogP contribution in [0.1, 0.15) is 62.7 Å². The van der Waals surface area contributed by atoms with E-state index in [0.717, 1.165) is 22.5 Å². The molecule has 3 aromatic rings. The molecule has 4 heterocycles. The van der Waals surface area contributed by atoms with Gasteiger partial charge in [0.05, 0.1) is 33.9 Å². The number of nitrogens with one attached hydrogen (secondary N) is 1. The number of hydrogen-bond donors (Lipinski definition) is 2. The van der Waals surface area contributed by atoms with Gasteiger partial charge in [-0.25, -0.2) is 4.98 Å². The van der Waals surface area contributed by atoms with Crippen molar-refractivity contribution < 1.29 is 14.4 Å². The molecule has 1 fully saturated rings. The molecule has 5 rings (SSSR count). The van der Waals surface area contributed by atoms with E-state index in [-0.39, 0.29) is 24.4 Å². The molecular formula is C28H36N6O3S. The van der Waals surface area contributed by atoms with E-state index in [4.69, 9.17) is 9.62 Å². The van der Waals surface area contributed by atoms with Crippen LogP contribution >= 0.6 is 11.3 Å². The zero-order valence-electron chi connectivity index (χ0n) is 22.8. The average Bonchev–Trinajstić information content (AvgIpc) is 3.66. The predicted molar refractivity (Wildman–Crippen MR) is 148 cm³/mol. The van der Waals surface area contributed by atoms with E-state index in [0.29, 0.717) is 24.6 Å². The highest BCUT2D eigenvalue weighted by atomic mass is 32.1. The lowest BCUT2D eigenvalue weighted by Crippen LogP contribution is -2.52. The maximum Gasteiger partial charge on any atom is 0.234 e. The molecule has 1 saturated heterocycles. The second kappa shape index (κ2) is 10.1. The first-order valence-corrected chi connectivity index (χ1v) is 14.1. The third-order valence-corrected chi connectivity index (χ3v) is 8.61. The zero-order valence-corrected chi connectivity index (χ0v) is 23.6. The molecule has 38 heavy (non-hydrogen) atoms. The predicted octanol–water partition coefficient (Wildman–Crippen LogP) is 4.23. The minimum atomic E-state index is -0.624. The molecule has 9 nitrogen and oxygen atoms in total. The second-order valence-corrected chi connectivity index (χ2v) is 11.6. The van der Waals surface area contributed by atoms with Crippen molar-refractivity contribution in [1.29, 1.82) is 0 Å². The minimum Gasteiger partial charge on any atom is -0.391 e. The molecule has 0 saturated carbocycles. The largest absolute Gasteiger partial charge is 0.391 e. The van der Waals surface area contributed by atoms with Crippen LogP contribution in [-0.4, -0.2) is 62.1 Å². The molecule has 2 unspecified atom stereocenters. The van der Waals surface area contributed by atoms with E-state index in [1.807, 2.05) is 44.3 Å². The number of aliphatic hydroxyl groups is 1. The Kier molecular flexibility index (Phi) is 7.04. The molecule has 0 aliphatic carbocycles. The quantitative estimate of drug-likeness (QED) is 0.465. The number of aryl methyl sites for hydroxylation is 2. The standard InChI is InChI=1S/C28H36N6O3S/c1-7-34-28(6,20-10-8-19(9-11-20)25-18(5)29-15-38-25)30-26(31-34)22-13-21(35)14-33(22)27(36)24(16(2)3)23-12-17(4)32-37-23/h8-12,15-16,21-22,24,35H,7,13-14H2,1-6H3,(H,30,31)/t21-,22+,24?,28?/m1/s1. The van der Waals surface area contributed by atoms with Crippen LogP contribution in [0, 0.1) is 19.8 Å². The average molecular weight is 537 g/mol. The van der Waals surface area contributed by atoms with Crippen molar-refractivity contribution in [2.75, 3.05) is 13.1 Å². The van der Waals surface area contributed by atoms with Crippen molar-refractivity contribution in [3.63, 3.8) is 0 Å². The van der Waals surface area contributed by atoms with Crippen molar-refractivity contribution in [2.24, 2.45) is 11.0 Å². The summed E-state index contributed by atoms with van der Waals surface area (Å²) in [6.45, 7) is 13.0. The van der Waals surface area contributed by atoms with E-state index >= 15 is 0 Å². The molecule has 0 radical (unpaired) electrons. The highest BCUT2D eigenvalue weighted by Crippen LogP contribution is 2.36. The number of carbonyl (C=O) groups excluding carboxylic acids is 1. The molecular weight excluding hydrogens is 500 g/mol. The Morgan fingerprint density at radius 3 is 2.61 bits per heavy atom. The minimum absolute atomic E-state index is 0.00446. The Morgan fingerprint density at radius 2 is 2.03 bits per heavy atom. The van der Waals surface area contributed by atoms with Gasteiger partial charge in [0.2, 0.25) is 5.91 Å². The fourth-order valence-corrected chi connectivity index (χ4v) is 6.42. The summed E-state index contributed by atoms with van der Waals surface area (Å²) < 4.78 is 5.51. The monoisotopic (exact) mass is 536 g/mol. The van der Waals surface area contributed by atoms with Crippen molar-refractivity contribution in [3.05, 3.63) is 58.6 Å². The molecule has 0 bridgehead atoms. The lowest BCUT2D eigenvalue weighted by molar-refractivity contribution is -0.134. The summed E-state index contributed by atoms with van der Waals surface area (Å²) in [6.07, 6.45) is -0.198. The van der Waals surface area contributed by atoms with Gasteiger partial charge in [0, 0.05) is 25.6 Å². The Bertz CT molecular complexity index is 1330. The van der Waals surface area contributed by atoms with Gasteiger partial charge in [-0.15, -0.1) is 11.3 Å². The van der Waals surface area contributed by atoms with Crippen LogP contribution in [0.3, 0.4) is 0 Å². The van der Waals surface area contributed by atoms with Crippen molar-refractivity contribution in [3.8, 4) is 10.4 Å². The molecule has 202 valence electrons. The van der Waals surface area contributed by atoms with Gasteiger partial charge in [0.15, 0.2) is 5.66 Å². The van der Waals surface area contributed by atoms with Crippen LogP contribution < -0.4 is 5.32 Å². The van der Waals surface area contributed by atoms with Crippen LogP contribution in [0.4, 0.5) is 0 Å². The van der Waals surface area contributed by atoms with E-state index < -0.39 is 17.7 Å². The maximum atomic E-state index is 13.9. The number of likely N-dealkylation sites (tertiary alicyclic amines) is 1. The van der Waals surface area contributed by atoms with Crippen molar-refractivity contribution in [2.45, 2.75) is 71.7 Å². The summed E-state index contributed by atoms with van der Waals surface area (Å²) in [7, 11) is 0. The first-order chi connectivity index (χ1) is 18.1. The van der Waals surface area contributed by atoms with Gasteiger partial charge in [0.1, 0.15) is 17.5 Å². The number of hydrogen-bond acceptors (Lipinski definition) is 9. The van der Waals surface area contributed by atoms with Gasteiger partial charge in [-0.1, -0.05) is 43.3 Å². The number of thiazole rings is 1. The van der Waals surface area contributed by atoms with Crippen molar-refractivity contribution >= 4 is 23.1 Å². The van der Waals surface area contributed by atoms with Crippen molar-refractivity contribution in [1.82, 2.24) is 25.4 Å². The van der Waals surface area contributed by atoms with E-state index in [9.17, 15) is 9.90 Å². The zero-order chi connectivity index (χ0) is 27.2. The lowest BCUT2D eigenvalue weighted by Gasteiger charge is -2.35. The molecule has 2 aliphatic heterocycles. The fourth-order valence-electron chi connectivity index (χ4n) is 5.61. The first kappa shape index (κ1) is 26.4. The normalized spacial score (nSPS) is 24.2. The van der Waals surface area contributed by atoms with Gasteiger partial charge < -0.3 is 19.8 Å². The van der Waals surface area contributed by atoms with Gasteiger partial charge in [0.25, 0.3) is 0 Å². The third-order valence-electron chi connectivity index (χ3n) is 7.63. The van der Waals surface area contributed by atoms with Crippen LogP contribution in [0.25, 0.3) is 10.4 Å². The molecule has 4 atom stereocenters. The summed E-state index contributed by atoms with van der Waals surface area (Å²) in [5.74, 6) is 0.688. The topological polar surface area (TPSA) is 107 Å². The summed E-state index contributed by atoms with van der Waals surface area (Å²) in [6, 6.07) is 9.94. The number of nitrogens with zero attached hydrogens (tertiary/aromatic N) is 5. The van der Waals surface area contributed by atoms with Gasteiger partial charge in [-0.2, -0.15) is 5.10 Å². The number of rotatable bonds is 7. The van der Waals surface area contributed by atoms with Crippen LogP contribution in [0.5, 0.6) is 0 Å². The number of aromatic nitrogens is 2. The maximum absolute atomic E-state index is 13.9. The Hall–Kier alpha value is -3.24. The van der Waals surface area contributed by atoms with Gasteiger partial charge >= 0.3 is 0 Å². The second-order valence-electron chi connectivity index (χ2n) is 10.7. The smallest absolute Gasteiger partial charge is 0.234 e. The molecule has 2 aliphatic rings. The SMILES string of the molecule is CCN1N=C([C@@H]2C[C@@H](O)CN2C(=O)C(c2cc(C)no2)C(C)C)NC1(C)c1ccc(-c2scnc2C)cc1. The molecule has 2 aromatic heterocycles. The summed E-state index contributed by atoms with van der Waals surface area (Å²) in [5, 5.41) is 25.3. The van der Waals surface area contributed by atoms with Gasteiger partial charge in [-0.05, 0) is 44.7 Å². The van der Waals surface area contributed by atoms with Crippen LogP contribution in [0.2, 0.25) is 0 Å². The van der Waals surface area contributed by atoms with Crippen LogP contribution in [0.15, 0.2) is 45.5 Å². The molecule has 10 heteroatoms. The number of β-amino-alcohol motifs (C(OH)–C–C–N with tert-alkyl or cyclic N) is 1. The number of hydrazone groups is 1. The lowest BCUT2D eigenvalue weighted by atomic mass is 9.91. The highest BCUT2D eigenvalue weighted by molar-refractivity contribution is 7.13. The fraction of sp³-hybridized carbons (Fsp3) is 0.500. The Balaban J connectivity index is 1.41. The van der Waals surface area contributed by atoms with Gasteiger partial charge in [-0.3, -0.25) is 9.80 Å². The highest BCUT2D eigenvalue weighted by Gasteiger charge is 2.47. The molecule has 0 spiro atoms. The first-order valence-electron chi connectivity index (χ1n) is 13.2. The van der Waals surface area contributed by atoms with E-state index in [1.165, 1.54) is 4.88 Å². The molecule has 1 aromatic carbocycles. The Labute approximate surface area is 227 Å². The number of amidine groups is 1. The summed E-state index contributed by atoms with van der Waals surface area (Å²) in [4.78, 5) is 21.2. The number of carbonyl (C=O) groups is 1. The summed E-state index contributed by atoms with van der Waals surface area (Å²) in [5.41, 5.74) is 5.25. The molecule has 1 amide bonds. The van der Waals surface area contributed by atoms with E-state index in [2.05, 4.69) is 53.6 Å². The number of amides is 1.